The minimum Gasteiger partial charge on any atom is -0.382 e. The summed E-state index contributed by atoms with van der Waals surface area (Å²) in [5, 5.41) is 0.339. The highest BCUT2D eigenvalue weighted by molar-refractivity contribution is 7.99. The Bertz CT molecular complexity index is 171. The number of rotatable bonds is 9. The number of halogens is 1. The first-order valence-electron chi connectivity index (χ1n) is 5.71. The molecule has 1 heterocycles. The summed E-state index contributed by atoms with van der Waals surface area (Å²) in [7, 11) is 1.67. The van der Waals surface area contributed by atoms with Gasteiger partial charge in [0, 0.05) is 24.8 Å². The number of thioether (sulfide) groups is 1. The first-order valence-corrected chi connectivity index (χ1v) is 7.30. The van der Waals surface area contributed by atoms with Crippen LogP contribution >= 0.6 is 23.4 Å². The third-order valence-electron chi connectivity index (χ3n) is 2.56. The van der Waals surface area contributed by atoms with E-state index in [0.717, 1.165) is 18.8 Å². The van der Waals surface area contributed by atoms with E-state index in [2.05, 4.69) is 0 Å². The Hall–Kier alpha value is 0.520. The Morgan fingerprint density at radius 1 is 1.06 bits per heavy atom. The predicted molar refractivity (Wildman–Crippen MR) is 68.6 cm³/mol. The van der Waals surface area contributed by atoms with E-state index >= 15 is 0 Å². The second-order valence-electron chi connectivity index (χ2n) is 3.82. The largest absolute Gasteiger partial charge is 0.382 e. The molecule has 0 amide bonds. The average molecular weight is 269 g/mol. The molecule has 16 heavy (non-hydrogen) atoms. The number of methoxy groups -OCH3 is 1. The van der Waals surface area contributed by atoms with Crippen molar-refractivity contribution < 1.29 is 14.2 Å². The number of alkyl halides is 1. The first-order chi connectivity index (χ1) is 7.84. The van der Waals surface area contributed by atoms with Crippen molar-refractivity contribution in [1.29, 1.82) is 0 Å². The standard InChI is InChI=1S/C11H21ClO3S/c1-13-4-5-15-7-6-14-3-2-10-8-16-9-11(10)12/h10-11H,2-9H2,1H3. The summed E-state index contributed by atoms with van der Waals surface area (Å²) in [6.07, 6.45) is 1.07. The van der Waals surface area contributed by atoms with E-state index in [1.54, 1.807) is 7.11 Å². The summed E-state index contributed by atoms with van der Waals surface area (Å²) in [6, 6.07) is 0. The minimum atomic E-state index is 0.339. The smallest absolute Gasteiger partial charge is 0.0701 e. The van der Waals surface area contributed by atoms with E-state index in [4.69, 9.17) is 25.8 Å². The molecule has 3 nitrogen and oxygen atoms in total. The topological polar surface area (TPSA) is 27.7 Å². The van der Waals surface area contributed by atoms with Gasteiger partial charge in [-0.2, -0.15) is 11.8 Å². The van der Waals surface area contributed by atoms with Crippen LogP contribution in [0.3, 0.4) is 0 Å². The molecular formula is C11H21ClO3S. The van der Waals surface area contributed by atoms with Crippen molar-refractivity contribution in [3.05, 3.63) is 0 Å². The lowest BCUT2D eigenvalue weighted by atomic mass is 10.1. The van der Waals surface area contributed by atoms with Gasteiger partial charge in [0.05, 0.1) is 26.4 Å². The molecule has 2 atom stereocenters. The van der Waals surface area contributed by atoms with Crippen LogP contribution in [-0.4, -0.2) is 57.0 Å². The zero-order valence-electron chi connectivity index (χ0n) is 9.82. The van der Waals surface area contributed by atoms with Gasteiger partial charge in [0.2, 0.25) is 0 Å². The van der Waals surface area contributed by atoms with Crippen LogP contribution < -0.4 is 0 Å². The summed E-state index contributed by atoms with van der Waals surface area (Å²) in [6.45, 7) is 3.39. The Morgan fingerprint density at radius 2 is 1.75 bits per heavy atom. The summed E-state index contributed by atoms with van der Waals surface area (Å²) < 4.78 is 15.6. The van der Waals surface area contributed by atoms with Crippen LogP contribution in [0.2, 0.25) is 0 Å². The van der Waals surface area contributed by atoms with Crippen LogP contribution in [0.5, 0.6) is 0 Å². The molecular weight excluding hydrogens is 248 g/mol. The lowest BCUT2D eigenvalue weighted by molar-refractivity contribution is 0.0224. The Kier molecular flexibility index (Phi) is 8.69. The molecule has 1 rings (SSSR count). The van der Waals surface area contributed by atoms with E-state index in [1.807, 2.05) is 11.8 Å². The zero-order valence-corrected chi connectivity index (χ0v) is 11.4. The maximum Gasteiger partial charge on any atom is 0.0701 e. The van der Waals surface area contributed by atoms with Crippen LogP contribution in [-0.2, 0) is 14.2 Å². The predicted octanol–water partition coefficient (Wildman–Crippen LogP) is 2.03. The van der Waals surface area contributed by atoms with Gasteiger partial charge in [-0.3, -0.25) is 0 Å². The van der Waals surface area contributed by atoms with Crippen molar-refractivity contribution in [2.75, 3.05) is 51.6 Å². The second-order valence-corrected chi connectivity index (χ2v) is 5.46. The Balaban J connectivity index is 1.81. The van der Waals surface area contributed by atoms with Crippen molar-refractivity contribution in [2.45, 2.75) is 11.8 Å². The Morgan fingerprint density at radius 3 is 2.38 bits per heavy atom. The molecule has 1 aliphatic rings. The SMILES string of the molecule is COCCOCCOCCC1CSCC1Cl. The Labute approximate surface area is 107 Å². The normalized spacial score (nSPS) is 25.1. The summed E-state index contributed by atoms with van der Waals surface area (Å²) in [5.41, 5.74) is 0. The molecule has 5 heteroatoms. The maximum atomic E-state index is 6.16. The molecule has 0 radical (unpaired) electrons. The van der Waals surface area contributed by atoms with Crippen LogP contribution in [0.25, 0.3) is 0 Å². The molecule has 0 saturated carbocycles. The van der Waals surface area contributed by atoms with E-state index < -0.39 is 0 Å². The maximum absolute atomic E-state index is 6.16. The molecule has 2 unspecified atom stereocenters. The van der Waals surface area contributed by atoms with Crippen molar-refractivity contribution in [2.24, 2.45) is 5.92 Å². The summed E-state index contributed by atoms with van der Waals surface area (Å²) >= 11 is 8.10. The highest BCUT2D eigenvalue weighted by Gasteiger charge is 2.25. The van der Waals surface area contributed by atoms with Crippen LogP contribution in [0, 0.1) is 5.92 Å². The number of ether oxygens (including phenoxy) is 3. The number of hydrogen-bond acceptors (Lipinski definition) is 4. The fraction of sp³-hybridized carbons (Fsp3) is 1.00. The summed E-state index contributed by atoms with van der Waals surface area (Å²) in [5.74, 6) is 2.90. The van der Waals surface area contributed by atoms with E-state index in [1.165, 1.54) is 5.75 Å². The molecule has 0 aromatic heterocycles. The minimum absolute atomic E-state index is 0.339. The van der Waals surface area contributed by atoms with Gasteiger partial charge in [0.15, 0.2) is 0 Å². The molecule has 1 aliphatic heterocycles. The lowest BCUT2D eigenvalue weighted by Crippen LogP contribution is -2.15. The molecule has 0 aromatic carbocycles. The van der Waals surface area contributed by atoms with Crippen LogP contribution in [0.4, 0.5) is 0 Å². The van der Waals surface area contributed by atoms with Crippen molar-refractivity contribution in [3.8, 4) is 0 Å². The first kappa shape index (κ1) is 14.6. The average Bonchev–Trinajstić information content (AvgIpc) is 2.68. The molecule has 0 spiro atoms. The second kappa shape index (κ2) is 9.54. The van der Waals surface area contributed by atoms with Crippen molar-refractivity contribution in [3.63, 3.8) is 0 Å². The monoisotopic (exact) mass is 268 g/mol. The third kappa shape index (κ3) is 6.30. The van der Waals surface area contributed by atoms with Gasteiger partial charge < -0.3 is 14.2 Å². The van der Waals surface area contributed by atoms with Gasteiger partial charge in [-0.25, -0.2) is 0 Å². The number of hydrogen-bond donors (Lipinski definition) is 0. The zero-order chi connectivity index (χ0) is 11.6. The molecule has 1 saturated heterocycles. The van der Waals surface area contributed by atoms with Gasteiger partial charge in [-0.1, -0.05) is 0 Å². The molecule has 96 valence electrons. The quantitative estimate of drug-likeness (QED) is 0.472. The highest BCUT2D eigenvalue weighted by Crippen LogP contribution is 2.30. The van der Waals surface area contributed by atoms with Gasteiger partial charge in [0.1, 0.15) is 0 Å². The molecule has 1 fully saturated rings. The lowest BCUT2D eigenvalue weighted by Gasteiger charge is -2.12. The fourth-order valence-corrected chi connectivity index (χ4v) is 3.46. The molecule has 0 aliphatic carbocycles. The third-order valence-corrected chi connectivity index (χ3v) is 4.51. The van der Waals surface area contributed by atoms with Gasteiger partial charge >= 0.3 is 0 Å². The van der Waals surface area contributed by atoms with Gasteiger partial charge in [-0.15, -0.1) is 11.6 Å². The van der Waals surface area contributed by atoms with Gasteiger partial charge in [0.25, 0.3) is 0 Å². The highest BCUT2D eigenvalue weighted by atomic mass is 35.5. The van der Waals surface area contributed by atoms with Crippen LogP contribution in [0.15, 0.2) is 0 Å². The van der Waals surface area contributed by atoms with E-state index in [9.17, 15) is 0 Å². The summed E-state index contributed by atoms with van der Waals surface area (Å²) in [4.78, 5) is 0. The van der Waals surface area contributed by atoms with Crippen molar-refractivity contribution >= 4 is 23.4 Å². The molecule has 0 bridgehead atoms. The fourth-order valence-electron chi connectivity index (χ4n) is 1.54. The molecule has 0 N–H and O–H groups in total. The van der Waals surface area contributed by atoms with E-state index in [0.29, 0.717) is 37.7 Å². The van der Waals surface area contributed by atoms with Gasteiger partial charge in [-0.05, 0) is 18.1 Å². The van der Waals surface area contributed by atoms with Crippen molar-refractivity contribution in [1.82, 2.24) is 0 Å². The molecule has 0 aromatic rings. The van der Waals surface area contributed by atoms with Crippen LogP contribution in [0.1, 0.15) is 6.42 Å². The van der Waals surface area contributed by atoms with E-state index in [-0.39, 0.29) is 0 Å².